The quantitative estimate of drug-likeness (QED) is 0.869. The molecule has 1 fully saturated rings. The molecule has 1 saturated carbocycles. The summed E-state index contributed by atoms with van der Waals surface area (Å²) in [7, 11) is 0. The van der Waals surface area contributed by atoms with E-state index < -0.39 is 11.9 Å². The van der Waals surface area contributed by atoms with Crippen LogP contribution in [0.25, 0.3) is 11.0 Å². The lowest BCUT2D eigenvalue weighted by atomic mass is 10.1. The van der Waals surface area contributed by atoms with Gasteiger partial charge in [-0.05, 0) is 37.0 Å². The Labute approximate surface area is 96.6 Å². The van der Waals surface area contributed by atoms with E-state index in [0.29, 0.717) is 11.1 Å². The Kier molecular flexibility index (Phi) is 2.19. The Morgan fingerprint density at radius 2 is 2.19 bits per heavy atom. The molecule has 1 aliphatic carbocycles. The zero-order valence-electron chi connectivity index (χ0n) is 8.41. The molecule has 1 heterocycles. The van der Waals surface area contributed by atoms with Crippen molar-refractivity contribution in [2.24, 2.45) is 5.92 Å². The number of rotatable bonds is 2. The van der Waals surface area contributed by atoms with Crippen LogP contribution in [0.5, 0.6) is 0 Å². The van der Waals surface area contributed by atoms with Crippen molar-refractivity contribution in [1.29, 1.82) is 0 Å². The zero-order valence-corrected chi connectivity index (χ0v) is 9.17. The van der Waals surface area contributed by atoms with Crippen LogP contribution in [-0.2, 0) is 0 Å². The van der Waals surface area contributed by atoms with Gasteiger partial charge in [0, 0.05) is 5.39 Å². The Morgan fingerprint density at radius 1 is 1.44 bits per heavy atom. The Morgan fingerprint density at radius 3 is 2.88 bits per heavy atom. The average Bonchev–Trinajstić information content (AvgIpc) is 3.02. The van der Waals surface area contributed by atoms with Crippen LogP contribution in [0.2, 0.25) is 5.02 Å². The molecule has 0 bridgehead atoms. The average molecular weight is 241 g/mol. The van der Waals surface area contributed by atoms with E-state index >= 15 is 0 Å². The molecule has 0 saturated heterocycles. The number of hydrogen-bond acceptors (Lipinski definition) is 2. The number of furan rings is 1. The topological polar surface area (TPSA) is 33.4 Å². The molecule has 84 valence electrons. The number of benzene rings is 1. The summed E-state index contributed by atoms with van der Waals surface area (Å²) >= 11 is 5.65. The van der Waals surface area contributed by atoms with Crippen LogP contribution in [0.15, 0.2) is 22.6 Å². The molecule has 4 heteroatoms. The van der Waals surface area contributed by atoms with Gasteiger partial charge in [-0.1, -0.05) is 11.6 Å². The molecular weight excluding hydrogens is 231 g/mol. The fraction of sp³-hybridized carbons (Fsp3) is 0.333. The highest BCUT2D eigenvalue weighted by molar-refractivity contribution is 6.31. The van der Waals surface area contributed by atoms with Gasteiger partial charge in [0.25, 0.3) is 0 Å². The fourth-order valence-corrected chi connectivity index (χ4v) is 2.00. The van der Waals surface area contributed by atoms with Gasteiger partial charge in [0.2, 0.25) is 0 Å². The molecule has 1 N–H and O–H groups in total. The molecule has 0 amide bonds. The summed E-state index contributed by atoms with van der Waals surface area (Å²) in [5, 5.41) is 10.5. The highest BCUT2D eigenvalue weighted by Gasteiger charge is 2.33. The Bertz CT molecular complexity index is 545. The number of aliphatic hydroxyl groups excluding tert-OH is 1. The van der Waals surface area contributed by atoms with Crippen LogP contribution in [-0.4, -0.2) is 5.11 Å². The Balaban J connectivity index is 2.11. The SMILES string of the molecule is OC(c1cc2ccc(Cl)c(F)c2o1)C1CC1. The van der Waals surface area contributed by atoms with Gasteiger partial charge in [0.05, 0.1) is 5.02 Å². The van der Waals surface area contributed by atoms with Crippen LogP contribution < -0.4 is 0 Å². The van der Waals surface area contributed by atoms with E-state index in [1.54, 1.807) is 12.1 Å². The maximum absolute atomic E-state index is 13.6. The van der Waals surface area contributed by atoms with Crippen molar-refractivity contribution in [2.45, 2.75) is 18.9 Å². The molecule has 1 aliphatic rings. The predicted molar refractivity (Wildman–Crippen MR) is 58.9 cm³/mol. The molecule has 2 nitrogen and oxygen atoms in total. The van der Waals surface area contributed by atoms with Crippen molar-refractivity contribution in [3.05, 3.63) is 34.8 Å². The van der Waals surface area contributed by atoms with Crippen LogP contribution in [0.1, 0.15) is 24.7 Å². The molecule has 2 aromatic rings. The van der Waals surface area contributed by atoms with Crippen molar-refractivity contribution in [3.8, 4) is 0 Å². The molecule has 0 spiro atoms. The summed E-state index contributed by atoms with van der Waals surface area (Å²) in [5.74, 6) is 0.131. The van der Waals surface area contributed by atoms with Gasteiger partial charge in [-0.3, -0.25) is 0 Å². The minimum Gasteiger partial charge on any atom is -0.455 e. The second-order valence-corrected chi connectivity index (χ2v) is 4.62. The largest absolute Gasteiger partial charge is 0.455 e. The molecule has 0 aliphatic heterocycles. The molecule has 1 aromatic heterocycles. The second-order valence-electron chi connectivity index (χ2n) is 4.21. The Hall–Kier alpha value is -1.06. The normalized spacial score (nSPS) is 17.9. The van der Waals surface area contributed by atoms with Crippen molar-refractivity contribution >= 4 is 22.6 Å². The molecule has 16 heavy (non-hydrogen) atoms. The molecule has 1 unspecified atom stereocenters. The van der Waals surface area contributed by atoms with E-state index in [-0.39, 0.29) is 16.5 Å². The third-order valence-electron chi connectivity index (χ3n) is 2.96. The summed E-state index contributed by atoms with van der Waals surface area (Å²) in [4.78, 5) is 0. The number of halogens is 2. The van der Waals surface area contributed by atoms with E-state index in [2.05, 4.69) is 0 Å². The van der Waals surface area contributed by atoms with E-state index in [9.17, 15) is 9.50 Å². The number of aliphatic hydroxyl groups is 1. The van der Waals surface area contributed by atoms with Crippen molar-refractivity contribution in [2.75, 3.05) is 0 Å². The van der Waals surface area contributed by atoms with E-state index in [4.69, 9.17) is 16.0 Å². The van der Waals surface area contributed by atoms with Gasteiger partial charge >= 0.3 is 0 Å². The highest BCUT2D eigenvalue weighted by atomic mass is 35.5. The van der Waals surface area contributed by atoms with Gasteiger partial charge in [0.15, 0.2) is 11.4 Å². The van der Waals surface area contributed by atoms with Crippen molar-refractivity contribution in [3.63, 3.8) is 0 Å². The van der Waals surface area contributed by atoms with Crippen LogP contribution in [0.3, 0.4) is 0 Å². The van der Waals surface area contributed by atoms with Gasteiger partial charge in [-0.2, -0.15) is 0 Å². The van der Waals surface area contributed by atoms with Crippen LogP contribution in [0, 0.1) is 11.7 Å². The van der Waals surface area contributed by atoms with Crippen LogP contribution >= 0.6 is 11.6 Å². The maximum atomic E-state index is 13.6. The monoisotopic (exact) mass is 240 g/mol. The first-order valence-corrected chi connectivity index (χ1v) is 5.60. The fourth-order valence-electron chi connectivity index (χ4n) is 1.85. The van der Waals surface area contributed by atoms with Gasteiger partial charge in [-0.25, -0.2) is 4.39 Å². The molecule has 0 radical (unpaired) electrons. The predicted octanol–water partition coefficient (Wildman–Crippen LogP) is 3.67. The summed E-state index contributed by atoms with van der Waals surface area (Å²) in [6.45, 7) is 0. The minimum atomic E-state index is -0.620. The van der Waals surface area contributed by atoms with E-state index in [0.717, 1.165) is 12.8 Å². The smallest absolute Gasteiger partial charge is 0.184 e. The third-order valence-corrected chi connectivity index (χ3v) is 3.25. The first-order chi connectivity index (χ1) is 7.66. The van der Waals surface area contributed by atoms with Crippen molar-refractivity contribution in [1.82, 2.24) is 0 Å². The minimum absolute atomic E-state index is 0.0364. The molecule has 1 aromatic carbocycles. The van der Waals surface area contributed by atoms with Gasteiger partial charge in [-0.15, -0.1) is 0 Å². The molecular formula is C12H10ClFO2. The van der Waals surface area contributed by atoms with E-state index in [1.165, 1.54) is 6.07 Å². The zero-order chi connectivity index (χ0) is 11.3. The standard InChI is InChI=1S/C12H10ClFO2/c13-8-4-3-7-5-9(11(15)6-1-2-6)16-12(7)10(8)14/h3-6,11,15H,1-2H2. The molecule has 3 rings (SSSR count). The van der Waals surface area contributed by atoms with Gasteiger partial charge < -0.3 is 9.52 Å². The lowest BCUT2D eigenvalue weighted by Gasteiger charge is -2.03. The second kappa shape index (κ2) is 3.47. The maximum Gasteiger partial charge on any atom is 0.184 e. The summed E-state index contributed by atoms with van der Waals surface area (Å²) < 4.78 is 18.9. The first-order valence-electron chi connectivity index (χ1n) is 5.22. The highest BCUT2D eigenvalue weighted by Crippen LogP contribution is 2.42. The summed E-state index contributed by atoms with van der Waals surface area (Å²) in [5.41, 5.74) is 0.127. The summed E-state index contributed by atoms with van der Waals surface area (Å²) in [6.07, 6.45) is 1.38. The van der Waals surface area contributed by atoms with Crippen LogP contribution in [0.4, 0.5) is 4.39 Å². The van der Waals surface area contributed by atoms with E-state index in [1.807, 2.05) is 0 Å². The van der Waals surface area contributed by atoms with Gasteiger partial charge in [0.1, 0.15) is 11.9 Å². The number of fused-ring (bicyclic) bond motifs is 1. The third kappa shape index (κ3) is 1.51. The molecule has 1 atom stereocenters. The lowest BCUT2D eigenvalue weighted by Crippen LogP contribution is -1.96. The lowest BCUT2D eigenvalue weighted by molar-refractivity contribution is 0.129. The number of hydrogen-bond donors (Lipinski definition) is 1. The van der Waals surface area contributed by atoms with Crippen molar-refractivity contribution < 1.29 is 13.9 Å². The first kappa shape index (κ1) is 10.1. The summed E-state index contributed by atoms with van der Waals surface area (Å²) in [6, 6.07) is 4.85.